The zero-order valence-electron chi connectivity index (χ0n) is 13.6. The van der Waals surface area contributed by atoms with Crippen molar-refractivity contribution in [3.8, 4) is 0 Å². The maximum Gasteiger partial charge on any atom is 0.297 e. The van der Waals surface area contributed by atoms with Gasteiger partial charge >= 0.3 is 0 Å². The minimum atomic E-state index is -0.390. The number of aromatic nitrogens is 2. The second-order valence-electron chi connectivity index (χ2n) is 5.82. The van der Waals surface area contributed by atoms with E-state index in [2.05, 4.69) is 10.3 Å². The van der Waals surface area contributed by atoms with Crippen LogP contribution in [-0.2, 0) is 17.9 Å². The number of rotatable bonds is 4. The van der Waals surface area contributed by atoms with Gasteiger partial charge in [-0.1, -0.05) is 41.9 Å². The third-order valence-electron chi connectivity index (χ3n) is 4.10. The third kappa shape index (κ3) is 2.95. The molecule has 1 N–H and O–H groups in total. The lowest BCUT2D eigenvalue weighted by atomic mass is 10.2. The first kappa shape index (κ1) is 16.4. The summed E-state index contributed by atoms with van der Waals surface area (Å²) in [6.07, 6.45) is 1.36. The Morgan fingerprint density at radius 3 is 2.77 bits per heavy atom. The molecule has 0 radical (unpaired) electrons. The van der Waals surface area contributed by atoms with Gasteiger partial charge in [-0.25, -0.2) is 4.98 Å². The van der Waals surface area contributed by atoms with Crippen LogP contribution in [0.2, 0.25) is 5.02 Å². The van der Waals surface area contributed by atoms with Gasteiger partial charge in [-0.15, -0.1) is 0 Å². The van der Waals surface area contributed by atoms with E-state index in [1.54, 1.807) is 12.1 Å². The van der Waals surface area contributed by atoms with Crippen molar-refractivity contribution in [2.24, 2.45) is 0 Å². The lowest BCUT2D eigenvalue weighted by molar-refractivity contribution is -0.121. The van der Waals surface area contributed by atoms with Crippen LogP contribution in [0.5, 0.6) is 0 Å². The van der Waals surface area contributed by atoms with Crippen molar-refractivity contribution >= 4 is 39.6 Å². The lowest BCUT2D eigenvalue weighted by Gasteiger charge is -2.08. The summed E-state index contributed by atoms with van der Waals surface area (Å²) in [5.41, 5.74) is 1.65. The molecule has 0 aliphatic heterocycles. The van der Waals surface area contributed by atoms with E-state index in [9.17, 15) is 9.59 Å². The summed E-state index contributed by atoms with van der Waals surface area (Å²) >= 11 is 6.07. The highest BCUT2D eigenvalue weighted by Crippen LogP contribution is 2.24. The SMILES string of the molecule is O=C(Cn1cnc2c(oc3ccccc32)c1=O)NCc1ccccc1Cl. The van der Waals surface area contributed by atoms with Gasteiger partial charge in [0.25, 0.3) is 5.56 Å². The fourth-order valence-electron chi connectivity index (χ4n) is 2.77. The standard InChI is InChI=1S/C19H14ClN3O3/c20-14-7-3-1-5-12(14)9-21-16(24)10-23-11-22-17-13-6-2-4-8-15(13)26-18(17)19(23)25/h1-8,11H,9-10H2,(H,21,24). The highest BCUT2D eigenvalue weighted by atomic mass is 35.5. The van der Waals surface area contributed by atoms with Crippen LogP contribution >= 0.6 is 11.6 Å². The van der Waals surface area contributed by atoms with Crippen LogP contribution in [0, 0.1) is 0 Å². The summed E-state index contributed by atoms with van der Waals surface area (Å²) < 4.78 is 6.83. The maximum atomic E-state index is 12.6. The van der Waals surface area contributed by atoms with Crippen molar-refractivity contribution in [2.45, 2.75) is 13.1 Å². The molecule has 6 nitrogen and oxygen atoms in total. The number of carbonyl (C=O) groups is 1. The first-order valence-electron chi connectivity index (χ1n) is 8.00. The van der Waals surface area contributed by atoms with E-state index in [0.717, 1.165) is 10.9 Å². The van der Waals surface area contributed by atoms with E-state index in [1.807, 2.05) is 36.4 Å². The number of carbonyl (C=O) groups excluding carboxylic acids is 1. The van der Waals surface area contributed by atoms with Gasteiger partial charge in [0.05, 0.1) is 6.33 Å². The molecular weight excluding hydrogens is 354 g/mol. The quantitative estimate of drug-likeness (QED) is 0.601. The average molecular weight is 368 g/mol. The van der Waals surface area contributed by atoms with E-state index >= 15 is 0 Å². The van der Waals surface area contributed by atoms with Crippen molar-refractivity contribution in [3.05, 3.63) is 75.8 Å². The summed E-state index contributed by atoms with van der Waals surface area (Å²) in [4.78, 5) is 29.1. The number of hydrogen-bond donors (Lipinski definition) is 1. The van der Waals surface area contributed by atoms with Crippen LogP contribution in [0.25, 0.3) is 22.1 Å². The highest BCUT2D eigenvalue weighted by Gasteiger charge is 2.14. The van der Waals surface area contributed by atoms with Crippen LogP contribution in [0.3, 0.4) is 0 Å². The predicted molar refractivity (Wildman–Crippen MR) is 99.1 cm³/mol. The molecular formula is C19H14ClN3O3. The van der Waals surface area contributed by atoms with Crippen LogP contribution < -0.4 is 10.9 Å². The molecule has 0 fully saturated rings. The third-order valence-corrected chi connectivity index (χ3v) is 4.47. The largest absolute Gasteiger partial charge is 0.448 e. The van der Waals surface area contributed by atoms with E-state index in [0.29, 0.717) is 16.1 Å². The first-order chi connectivity index (χ1) is 12.6. The van der Waals surface area contributed by atoms with Gasteiger partial charge in [0.1, 0.15) is 17.6 Å². The molecule has 7 heteroatoms. The monoisotopic (exact) mass is 367 g/mol. The number of nitrogens with one attached hydrogen (secondary N) is 1. The van der Waals surface area contributed by atoms with E-state index < -0.39 is 0 Å². The normalized spacial score (nSPS) is 11.1. The Kier molecular flexibility index (Phi) is 4.18. The lowest BCUT2D eigenvalue weighted by Crippen LogP contribution is -2.32. The Morgan fingerprint density at radius 1 is 1.15 bits per heavy atom. The van der Waals surface area contributed by atoms with Crippen molar-refractivity contribution in [1.29, 1.82) is 0 Å². The molecule has 0 bridgehead atoms. The summed E-state index contributed by atoms with van der Waals surface area (Å²) in [7, 11) is 0. The molecule has 4 aromatic rings. The Morgan fingerprint density at radius 2 is 1.92 bits per heavy atom. The molecule has 0 saturated heterocycles. The number of nitrogens with zero attached hydrogens (tertiary/aromatic N) is 2. The van der Waals surface area contributed by atoms with E-state index in [-0.39, 0.29) is 30.1 Å². The fourth-order valence-corrected chi connectivity index (χ4v) is 2.98. The fraction of sp³-hybridized carbons (Fsp3) is 0.105. The minimum Gasteiger partial charge on any atom is -0.448 e. The number of halogens is 1. The van der Waals surface area contributed by atoms with Gasteiger partial charge in [-0.3, -0.25) is 14.2 Å². The van der Waals surface area contributed by atoms with Crippen LogP contribution in [-0.4, -0.2) is 15.5 Å². The minimum absolute atomic E-state index is 0.146. The Hall–Kier alpha value is -3.12. The number of amides is 1. The maximum absolute atomic E-state index is 12.6. The second kappa shape index (κ2) is 6.65. The van der Waals surface area contributed by atoms with Gasteiger partial charge in [0.2, 0.25) is 11.5 Å². The van der Waals surface area contributed by atoms with Crippen molar-refractivity contribution in [1.82, 2.24) is 14.9 Å². The summed E-state index contributed by atoms with van der Waals surface area (Å²) in [6.45, 7) is 0.136. The van der Waals surface area contributed by atoms with E-state index in [1.165, 1.54) is 10.9 Å². The summed E-state index contributed by atoms with van der Waals surface area (Å²) in [6, 6.07) is 14.5. The van der Waals surface area contributed by atoms with Crippen LogP contribution in [0.1, 0.15) is 5.56 Å². The zero-order valence-corrected chi connectivity index (χ0v) is 14.4. The predicted octanol–water partition coefficient (Wildman–Crippen LogP) is 3.11. The number of hydrogen-bond acceptors (Lipinski definition) is 4. The van der Waals surface area contributed by atoms with Crippen LogP contribution in [0.15, 0.2) is 64.1 Å². The molecule has 0 spiro atoms. The molecule has 26 heavy (non-hydrogen) atoms. The molecule has 2 aromatic heterocycles. The van der Waals surface area contributed by atoms with Gasteiger partial charge in [-0.2, -0.15) is 0 Å². The Bertz CT molecular complexity index is 1180. The zero-order chi connectivity index (χ0) is 18.1. The van der Waals surface area contributed by atoms with Gasteiger partial charge in [-0.05, 0) is 23.8 Å². The summed E-state index contributed by atoms with van der Waals surface area (Å²) in [5.74, 6) is -0.315. The number of fused-ring (bicyclic) bond motifs is 3. The summed E-state index contributed by atoms with van der Waals surface area (Å²) in [5, 5.41) is 4.10. The molecule has 0 saturated carbocycles. The Labute approximate surface area is 153 Å². The average Bonchev–Trinajstić information content (AvgIpc) is 3.03. The molecule has 2 aromatic carbocycles. The molecule has 0 aliphatic rings. The molecule has 0 unspecified atom stereocenters. The first-order valence-corrected chi connectivity index (χ1v) is 8.38. The van der Waals surface area contributed by atoms with Crippen molar-refractivity contribution < 1.29 is 9.21 Å². The highest BCUT2D eigenvalue weighted by molar-refractivity contribution is 6.31. The van der Waals surface area contributed by atoms with Gasteiger partial charge < -0.3 is 9.73 Å². The molecule has 2 heterocycles. The number of benzene rings is 2. The number of furan rings is 1. The molecule has 0 aliphatic carbocycles. The molecule has 4 rings (SSSR count). The molecule has 1 amide bonds. The molecule has 0 atom stereocenters. The topological polar surface area (TPSA) is 77.1 Å². The van der Waals surface area contributed by atoms with Gasteiger partial charge in [0, 0.05) is 17.0 Å². The smallest absolute Gasteiger partial charge is 0.297 e. The second-order valence-corrected chi connectivity index (χ2v) is 6.23. The van der Waals surface area contributed by atoms with Gasteiger partial charge in [0.15, 0.2) is 0 Å². The Balaban J connectivity index is 1.56. The number of para-hydroxylation sites is 1. The van der Waals surface area contributed by atoms with Crippen molar-refractivity contribution in [2.75, 3.05) is 0 Å². The van der Waals surface area contributed by atoms with Crippen molar-refractivity contribution in [3.63, 3.8) is 0 Å². The van der Waals surface area contributed by atoms with Crippen LogP contribution in [0.4, 0.5) is 0 Å². The molecule has 130 valence electrons. The van der Waals surface area contributed by atoms with E-state index in [4.69, 9.17) is 16.0 Å².